The Kier molecular flexibility index (Phi) is 4.29. The molecule has 2 rings (SSSR count). The number of amides is 2. The monoisotopic (exact) mass is 270 g/mol. The second-order valence-electron chi connectivity index (χ2n) is 5.52. The molecule has 2 fully saturated rings. The summed E-state index contributed by atoms with van der Waals surface area (Å²) in [5, 5.41) is 18.8. The summed E-state index contributed by atoms with van der Waals surface area (Å²) in [4.78, 5) is 26.7. The maximum atomic E-state index is 12.3. The molecule has 6 nitrogen and oxygen atoms in total. The van der Waals surface area contributed by atoms with Gasteiger partial charge in [-0.25, -0.2) is 9.59 Å². The predicted octanol–water partition coefficient (Wildman–Crippen LogP) is 0.748. The van der Waals surface area contributed by atoms with Crippen LogP contribution < -0.4 is 0 Å². The van der Waals surface area contributed by atoms with Gasteiger partial charge in [-0.15, -0.1) is 0 Å². The molecule has 108 valence electrons. The Morgan fingerprint density at radius 1 is 1.26 bits per heavy atom. The lowest BCUT2D eigenvalue weighted by Gasteiger charge is -2.38. The van der Waals surface area contributed by atoms with E-state index in [2.05, 4.69) is 6.92 Å². The minimum Gasteiger partial charge on any atom is -0.480 e. The van der Waals surface area contributed by atoms with Gasteiger partial charge < -0.3 is 20.0 Å². The highest BCUT2D eigenvalue weighted by atomic mass is 16.4. The van der Waals surface area contributed by atoms with Gasteiger partial charge in [0.15, 0.2) is 0 Å². The van der Waals surface area contributed by atoms with Crippen molar-refractivity contribution in [2.45, 2.75) is 44.8 Å². The average molecular weight is 270 g/mol. The number of rotatable bonds is 2. The fourth-order valence-electron chi connectivity index (χ4n) is 2.97. The lowest BCUT2D eigenvalue weighted by Crippen LogP contribution is -2.54. The van der Waals surface area contributed by atoms with Crippen LogP contribution in [0.1, 0.15) is 32.6 Å². The van der Waals surface area contributed by atoms with Crippen LogP contribution in [0, 0.1) is 5.92 Å². The van der Waals surface area contributed by atoms with Gasteiger partial charge in [-0.3, -0.25) is 0 Å². The summed E-state index contributed by atoms with van der Waals surface area (Å²) in [6.45, 7) is 3.39. The third-order valence-electron chi connectivity index (χ3n) is 4.25. The molecule has 2 saturated heterocycles. The van der Waals surface area contributed by atoms with E-state index in [4.69, 9.17) is 0 Å². The van der Waals surface area contributed by atoms with Crippen molar-refractivity contribution in [3.05, 3.63) is 0 Å². The molecule has 2 aliphatic heterocycles. The number of carboxylic acids is 1. The van der Waals surface area contributed by atoms with Crippen LogP contribution in [0.3, 0.4) is 0 Å². The number of carboxylic acid groups (broad SMARTS) is 1. The Labute approximate surface area is 113 Å². The number of aliphatic hydroxyl groups is 1. The minimum absolute atomic E-state index is 0.237. The molecule has 0 radical (unpaired) electrons. The number of carbonyl (C=O) groups is 2. The van der Waals surface area contributed by atoms with Crippen molar-refractivity contribution in [1.29, 1.82) is 0 Å². The summed E-state index contributed by atoms with van der Waals surface area (Å²) in [5.41, 5.74) is 0. The van der Waals surface area contributed by atoms with Crippen LogP contribution in [0.25, 0.3) is 0 Å². The molecule has 0 bridgehead atoms. The van der Waals surface area contributed by atoms with E-state index in [9.17, 15) is 19.8 Å². The van der Waals surface area contributed by atoms with Crippen molar-refractivity contribution in [1.82, 2.24) is 9.80 Å². The Bertz CT molecular complexity index is 361. The van der Waals surface area contributed by atoms with E-state index in [0.717, 1.165) is 12.8 Å². The third-order valence-corrected chi connectivity index (χ3v) is 4.25. The van der Waals surface area contributed by atoms with Gasteiger partial charge in [-0.1, -0.05) is 13.3 Å². The smallest absolute Gasteiger partial charge is 0.326 e. The zero-order valence-corrected chi connectivity index (χ0v) is 11.3. The normalized spacial score (nSPS) is 31.6. The summed E-state index contributed by atoms with van der Waals surface area (Å²) in [6.07, 6.45) is 2.46. The highest BCUT2D eigenvalue weighted by Gasteiger charge is 2.38. The fraction of sp³-hybridized carbons (Fsp3) is 0.846. The molecule has 3 unspecified atom stereocenters. The number of likely N-dealkylation sites (tertiary alicyclic amines) is 2. The number of aliphatic hydroxyl groups excluding tert-OH is 1. The quantitative estimate of drug-likeness (QED) is 0.776. The van der Waals surface area contributed by atoms with Crippen molar-refractivity contribution >= 4 is 12.0 Å². The molecule has 2 N–H and O–H groups in total. The van der Waals surface area contributed by atoms with Crippen molar-refractivity contribution in [3.8, 4) is 0 Å². The van der Waals surface area contributed by atoms with Crippen molar-refractivity contribution in [2.75, 3.05) is 19.6 Å². The maximum absolute atomic E-state index is 12.3. The molecular formula is C13H22N2O4. The lowest BCUT2D eigenvalue weighted by atomic mass is 9.89. The van der Waals surface area contributed by atoms with Crippen LogP contribution >= 0.6 is 0 Å². The molecule has 0 aliphatic carbocycles. The van der Waals surface area contributed by atoms with Gasteiger partial charge in [0.05, 0.1) is 6.10 Å². The Hall–Kier alpha value is -1.30. The minimum atomic E-state index is -0.925. The molecular weight excluding hydrogens is 248 g/mol. The summed E-state index contributed by atoms with van der Waals surface area (Å²) in [7, 11) is 0. The van der Waals surface area contributed by atoms with Crippen molar-refractivity contribution in [2.24, 2.45) is 5.92 Å². The van der Waals surface area contributed by atoms with Gasteiger partial charge in [0.2, 0.25) is 0 Å². The molecule has 3 atom stereocenters. The average Bonchev–Trinajstić information content (AvgIpc) is 2.83. The zero-order valence-electron chi connectivity index (χ0n) is 11.3. The molecule has 2 aliphatic rings. The van der Waals surface area contributed by atoms with Crippen LogP contribution in [0.15, 0.2) is 0 Å². The Morgan fingerprint density at radius 3 is 2.53 bits per heavy atom. The van der Waals surface area contributed by atoms with Crippen LogP contribution in [-0.4, -0.2) is 63.8 Å². The van der Waals surface area contributed by atoms with Gasteiger partial charge in [0.1, 0.15) is 6.04 Å². The van der Waals surface area contributed by atoms with Gasteiger partial charge in [0.25, 0.3) is 0 Å². The van der Waals surface area contributed by atoms with Gasteiger partial charge >= 0.3 is 12.0 Å². The van der Waals surface area contributed by atoms with E-state index < -0.39 is 18.1 Å². The molecule has 0 aromatic rings. The first kappa shape index (κ1) is 14.1. The largest absolute Gasteiger partial charge is 0.480 e. The number of aliphatic carboxylic acids is 1. The summed E-state index contributed by atoms with van der Waals surface area (Å²) in [5.74, 6) is -0.541. The number of piperidine rings is 1. The molecule has 6 heteroatoms. The second kappa shape index (κ2) is 5.77. The van der Waals surface area contributed by atoms with E-state index in [1.807, 2.05) is 0 Å². The Morgan fingerprint density at radius 2 is 2.00 bits per heavy atom. The molecule has 2 amide bonds. The van der Waals surface area contributed by atoms with Gasteiger partial charge in [-0.2, -0.15) is 0 Å². The summed E-state index contributed by atoms with van der Waals surface area (Å²) in [6, 6.07) is -0.956. The number of β-amino-alcohol motifs (C(OH)–C–C–N with tert-alkyl or cyclic N) is 1. The number of nitrogens with zero attached hydrogens (tertiary/aromatic N) is 2. The number of hydrogen-bond donors (Lipinski definition) is 2. The molecule has 0 aromatic heterocycles. The number of hydrogen-bond acceptors (Lipinski definition) is 3. The van der Waals surface area contributed by atoms with Crippen LogP contribution in [0.2, 0.25) is 0 Å². The van der Waals surface area contributed by atoms with Crippen LogP contribution in [0.4, 0.5) is 4.79 Å². The van der Waals surface area contributed by atoms with E-state index in [-0.39, 0.29) is 6.03 Å². The van der Waals surface area contributed by atoms with Crippen LogP contribution in [-0.2, 0) is 4.79 Å². The third kappa shape index (κ3) is 3.00. The zero-order chi connectivity index (χ0) is 14.0. The highest BCUT2D eigenvalue weighted by Crippen LogP contribution is 2.27. The number of urea groups is 1. The standard InChI is InChI=1S/C13H22N2O4/c1-2-9-3-6-15(11(7-9)12(17)18)13(19)14-5-4-10(16)8-14/h9-11,16H,2-8H2,1H3,(H,17,18). The van der Waals surface area contributed by atoms with E-state index in [1.54, 1.807) is 4.90 Å². The van der Waals surface area contributed by atoms with Crippen LogP contribution in [0.5, 0.6) is 0 Å². The molecule has 19 heavy (non-hydrogen) atoms. The van der Waals surface area contributed by atoms with Gasteiger partial charge in [-0.05, 0) is 25.2 Å². The summed E-state index contributed by atoms with van der Waals surface area (Å²) < 4.78 is 0. The van der Waals surface area contributed by atoms with E-state index >= 15 is 0 Å². The highest BCUT2D eigenvalue weighted by molar-refractivity contribution is 5.83. The SMILES string of the molecule is CCC1CCN(C(=O)N2CCC(O)C2)C(C(=O)O)C1. The van der Waals surface area contributed by atoms with E-state index in [1.165, 1.54) is 4.90 Å². The van der Waals surface area contributed by atoms with Gasteiger partial charge in [0, 0.05) is 19.6 Å². The first-order valence-electron chi connectivity index (χ1n) is 6.99. The first-order valence-corrected chi connectivity index (χ1v) is 6.99. The van der Waals surface area contributed by atoms with E-state index in [0.29, 0.717) is 38.4 Å². The molecule has 2 heterocycles. The molecule has 0 aromatic carbocycles. The Balaban J connectivity index is 2.04. The topological polar surface area (TPSA) is 81.1 Å². The first-order chi connectivity index (χ1) is 9.02. The summed E-state index contributed by atoms with van der Waals surface area (Å²) >= 11 is 0. The maximum Gasteiger partial charge on any atom is 0.326 e. The lowest BCUT2D eigenvalue weighted by molar-refractivity contribution is -0.144. The second-order valence-corrected chi connectivity index (χ2v) is 5.52. The molecule has 0 saturated carbocycles. The predicted molar refractivity (Wildman–Crippen MR) is 68.7 cm³/mol. The number of carbonyl (C=O) groups excluding carboxylic acids is 1. The molecule has 0 spiro atoms. The van der Waals surface area contributed by atoms with Crippen molar-refractivity contribution in [3.63, 3.8) is 0 Å². The van der Waals surface area contributed by atoms with Crippen molar-refractivity contribution < 1.29 is 19.8 Å². The fourth-order valence-corrected chi connectivity index (χ4v) is 2.97.